The molecule has 1 fully saturated rings. The maximum atomic E-state index is 11.5. The number of hydrogen-bond donors (Lipinski definition) is 2. The number of benzene rings is 1. The molecule has 0 atom stereocenters. The molecule has 0 spiro atoms. The Balaban J connectivity index is 1.13. The molecule has 0 amide bonds. The Hall–Kier alpha value is -4.01. The van der Waals surface area contributed by atoms with E-state index >= 15 is 0 Å². The van der Waals surface area contributed by atoms with E-state index in [1.165, 1.54) is 4.52 Å². The summed E-state index contributed by atoms with van der Waals surface area (Å²) in [4.78, 5) is 13.8. The molecule has 36 heavy (non-hydrogen) atoms. The zero-order chi connectivity index (χ0) is 24.9. The van der Waals surface area contributed by atoms with E-state index in [1.54, 1.807) is 48.9 Å². The summed E-state index contributed by atoms with van der Waals surface area (Å²) in [7, 11) is -3.69. The first kappa shape index (κ1) is 22.5. The number of primary sulfonamides is 1. The van der Waals surface area contributed by atoms with E-state index < -0.39 is 10.0 Å². The van der Waals surface area contributed by atoms with Gasteiger partial charge in [-0.15, -0.1) is 5.10 Å². The molecule has 4 N–H and O–H groups in total. The van der Waals surface area contributed by atoms with Gasteiger partial charge in [0.25, 0.3) is 0 Å². The van der Waals surface area contributed by atoms with Gasteiger partial charge in [-0.25, -0.2) is 23.2 Å². The first-order chi connectivity index (χ1) is 17.4. The van der Waals surface area contributed by atoms with E-state index in [1.807, 2.05) is 4.68 Å². The SMILES string of the molecule is Nc1nc2c(cnn2CCN2CCN(c3ccc(S(N)(=O)=O)cc3)CC2)c2nc(-c3ccco3)nn12. The molecular weight excluding hydrogens is 484 g/mol. The van der Waals surface area contributed by atoms with E-state index in [0.29, 0.717) is 29.4 Å². The van der Waals surface area contributed by atoms with E-state index in [0.717, 1.165) is 43.8 Å². The molecule has 13 nitrogen and oxygen atoms in total. The van der Waals surface area contributed by atoms with Crippen molar-refractivity contribution in [3.8, 4) is 11.6 Å². The van der Waals surface area contributed by atoms with Gasteiger partial charge in [0.15, 0.2) is 17.1 Å². The molecule has 0 aliphatic carbocycles. The number of fused-ring (bicyclic) bond motifs is 3. The van der Waals surface area contributed by atoms with Gasteiger partial charge in [-0.2, -0.15) is 14.6 Å². The minimum absolute atomic E-state index is 0.117. The summed E-state index contributed by atoms with van der Waals surface area (Å²) in [6.45, 7) is 4.84. The number of furan rings is 1. The van der Waals surface area contributed by atoms with Crippen LogP contribution in [0.1, 0.15) is 0 Å². The Morgan fingerprint density at radius 3 is 2.44 bits per heavy atom. The van der Waals surface area contributed by atoms with Crippen molar-refractivity contribution in [2.75, 3.05) is 43.4 Å². The van der Waals surface area contributed by atoms with Crippen molar-refractivity contribution >= 4 is 38.3 Å². The second-order valence-corrected chi connectivity index (χ2v) is 10.2. The summed E-state index contributed by atoms with van der Waals surface area (Å²) in [5, 5.41) is 14.9. The van der Waals surface area contributed by atoms with Crippen LogP contribution in [0.3, 0.4) is 0 Å². The minimum atomic E-state index is -3.69. The summed E-state index contributed by atoms with van der Waals surface area (Å²) >= 11 is 0. The monoisotopic (exact) mass is 508 g/mol. The Morgan fingerprint density at radius 1 is 0.972 bits per heavy atom. The molecule has 1 aliphatic heterocycles. The molecular formula is C22H24N10O3S. The summed E-state index contributed by atoms with van der Waals surface area (Å²) in [6.07, 6.45) is 3.31. The third-order valence-corrected chi connectivity index (χ3v) is 7.30. The molecule has 5 heterocycles. The molecule has 14 heteroatoms. The highest BCUT2D eigenvalue weighted by Gasteiger charge is 2.20. The Morgan fingerprint density at radius 2 is 1.75 bits per heavy atom. The molecule has 1 saturated heterocycles. The second kappa shape index (κ2) is 8.58. The standard InChI is InChI=1S/C22H24N10O3S/c23-22-27-20-17(21-26-19(28-32(21)22)18-2-1-13-35-18)14-25-31(20)12-9-29-7-10-30(11-8-29)15-3-5-16(6-4-15)36(24,33)34/h1-6,13-14H,7-12H2,(H2,23,27)(H2,24,33,34). The topological polar surface area (TPSA) is 167 Å². The fourth-order valence-corrected chi connectivity index (χ4v) is 4.96. The maximum Gasteiger partial charge on any atom is 0.238 e. The molecule has 0 saturated carbocycles. The van der Waals surface area contributed by atoms with Gasteiger partial charge in [-0.05, 0) is 36.4 Å². The van der Waals surface area contributed by atoms with Crippen LogP contribution in [0.25, 0.3) is 28.3 Å². The van der Waals surface area contributed by atoms with Gasteiger partial charge < -0.3 is 15.1 Å². The molecule has 0 radical (unpaired) electrons. The van der Waals surface area contributed by atoms with Crippen LogP contribution in [0.2, 0.25) is 0 Å². The number of nitrogens with zero attached hydrogens (tertiary/aromatic N) is 8. The van der Waals surface area contributed by atoms with Crippen LogP contribution < -0.4 is 15.8 Å². The van der Waals surface area contributed by atoms with Crippen molar-refractivity contribution in [3.05, 3.63) is 48.9 Å². The number of nitrogen functional groups attached to an aromatic ring is 1. The van der Waals surface area contributed by atoms with E-state index in [-0.39, 0.29) is 10.8 Å². The van der Waals surface area contributed by atoms with Crippen LogP contribution >= 0.6 is 0 Å². The minimum Gasteiger partial charge on any atom is -0.461 e. The van der Waals surface area contributed by atoms with Crippen LogP contribution in [0, 0.1) is 0 Å². The van der Waals surface area contributed by atoms with Gasteiger partial charge in [0.05, 0.1) is 29.3 Å². The average molecular weight is 509 g/mol. The predicted octanol–water partition coefficient (Wildman–Crippen LogP) is 0.786. The number of piperazine rings is 1. The Labute approximate surface area is 206 Å². The zero-order valence-corrected chi connectivity index (χ0v) is 20.0. The molecule has 4 aromatic heterocycles. The maximum absolute atomic E-state index is 11.5. The van der Waals surface area contributed by atoms with Crippen molar-refractivity contribution in [1.29, 1.82) is 0 Å². The number of anilines is 2. The molecule has 0 unspecified atom stereocenters. The zero-order valence-electron chi connectivity index (χ0n) is 19.2. The van der Waals surface area contributed by atoms with E-state index in [9.17, 15) is 8.42 Å². The average Bonchev–Trinajstić information content (AvgIpc) is 3.62. The van der Waals surface area contributed by atoms with Crippen LogP contribution in [0.4, 0.5) is 11.6 Å². The van der Waals surface area contributed by atoms with Crippen molar-refractivity contribution in [1.82, 2.24) is 34.3 Å². The van der Waals surface area contributed by atoms with Gasteiger partial charge in [-0.3, -0.25) is 4.90 Å². The van der Waals surface area contributed by atoms with Crippen molar-refractivity contribution < 1.29 is 12.8 Å². The summed E-state index contributed by atoms with van der Waals surface area (Å²) in [6, 6.07) is 10.2. The number of aromatic nitrogens is 6. The first-order valence-corrected chi connectivity index (χ1v) is 12.9. The number of rotatable bonds is 6. The van der Waals surface area contributed by atoms with Crippen molar-refractivity contribution in [2.24, 2.45) is 5.14 Å². The highest BCUT2D eigenvalue weighted by atomic mass is 32.2. The normalized spacial score (nSPS) is 15.3. The Kier molecular flexibility index (Phi) is 5.35. The number of hydrogen-bond acceptors (Lipinski definition) is 10. The fourth-order valence-electron chi connectivity index (χ4n) is 4.44. The highest BCUT2D eigenvalue weighted by Crippen LogP contribution is 2.24. The molecule has 5 aromatic rings. The van der Waals surface area contributed by atoms with Crippen LogP contribution in [-0.4, -0.2) is 75.4 Å². The van der Waals surface area contributed by atoms with Gasteiger partial charge in [0, 0.05) is 38.4 Å². The lowest BCUT2D eigenvalue weighted by molar-refractivity contribution is 0.245. The smallest absolute Gasteiger partial charge is 0.238 e. The molecule has 1 aliphatic rings. The Bertz CT molecular complexity index is 1630. The molecule has 186 valence electrons. The van der Waals surface area contributed by atoms with E-state index in [2.05, 4.69) is 30.0 Å². The van der Waals surface area contributed by atoms with Crippen molar-refractivity contribution in [2.45, 2.75) is 11.4 Å². The van der Waals surface area contributed by atoms with Crippen LogP contribution in [0.5, 0.6) is 0 Å². The fraction of sp³-hybridized carbons (Fsp3) is 0.273. The van der Waals surface area contributed by atoms with Crippen LogP contribution in [-0.2, 0) is 16.6 Å². The second-order valence-electron chi connectivity index (χ2n) is 8.59. The molecule has 6 rings (SSSR count). The lowest BCUT2D eigenvalue weighted by Crippen LogP contribution is -2.47. The largest absolute Gasteiger partial charge is 0.461 e. The van der Waals surface area contributed by atoms with Gasteiger partial charge in [-0.1, -0.05) is 0 Å². The highest BCUT2D eigenvalue weighted by molar-refractivity contribution is 7.89. The summed E-state index contributed by atoms with van der Waals surface area (Å²) in [5.74, 6) is 1.22. The third kappa shape index (κ3) is 4.04. The van der Waals surface area contributed by atoms with E-state index in [4.69, 9.17) is 15.3 Å². The summed E-state index contributed by atoms with van der Waals surface area (Å²) < 4.78 is 31.7. The lowest BCUT2D eigenvalue weighted by atomic mass is 10.2. The molecule has 1 aromatic carbocycles. The summed E-state index contributed by atoms with van der Waals surface area (Å²) in [5.41, 5.74) is 8.40. The number of sulfonamides is 1. The first-order valence-electron chi connectivity index (χ1n) is 11.4. The predicted molar refractivity (Wildman–Crippen MR) is 133 cm³/mol. The quantitative estimate of drug-likeness (QED) is 0.335. The van der Waals surface area contributed by atoms with Gasteiger partial charge in [0.1, 0.15) is 0 Å². The van der Waals surface area contributed by atoms with Gasteiger partial charge >= 0.3 is 0 Å². The molecule has 0 bridgehead atoms. The van der Waals surface area contributed by atoms with Crippen LogP contribution in [0.15, 0.2) is 58.2 Å². The third-order valence-electron chi connectivity index (χ3n) is 6.37. The van der Waals surface area contributed by atoms with Gasteiger partial charge in [0.2, 0.25) is 21.8 Å². The number of nitrogens with two attached hydrogens (primary N) is 2. The van der Waals surface area contributed by atoms with Crippen molar-refractivity contribution in [3.63, 3.8) is 0 Å². The lowest BCUT2D eigenvalue weighted by Gasteiger charge is -2.36.